The van der Waals surface area contributed by atoms with Crippen LogP contribution < -0.4 is 9.62 Å². The number of anilines is 1. The third kappa shape index (κ3) is 4.97. The van der Waals surface area contributed by atoms with Crippen LogP contribution in [-0.2, 0) is 19.6 Å². The molecule has 0 aliphatic carbocycles. The standard InChI is InChI=1S/C14H18Cl2N2O4S/c1-23(20,21)18(10-4-5-11(15)12(16)9-10)7-6-17-14(19)13-3-2-8-22-13/h4-5,9,13H,2-3,6-8H2,1H3,(H,17,19). The molecule has 23 heavy (non-hydrogen) atoms. The molecule has 1 amide bonds. The van der Waals surface area contributed by atoms with E-state index >= 15 is 0 Å². The molecule has 2 rings (SSSR count). The van der Waals surface area contributed by atoms with Crippen molar-refractivity contribution >= 4 is 44.8 Å². The summed E-state index contributed by atoms with van der Waals surface area (Å²) in [6.45, 7) is 0.845. The largest absolute Gasteiger partial charge is 0.368 e. The Labute approximate surface area is 145 Å². The van der Waals surface area contributed by atoms with E-state index in [-0.39, 0.29) is 24.0 Å². The molecule has 1 saturated heterocycles. The lowest BCUT2D eigenvalue weighted by molar-refractivity contribution is -0.129. The maximum Gasteiger partial charge on any atom is 0.249 e. The molecule has 1 aliphatic heterocycles. The Balaban J connectivity index is 2.02. The van der Waals surface area contributed by atoms with Crippen LogP contribution in [0.5, 0.6) is 0 Å². The molecule has 128 valence electrons. The summed E-state index contributed by atoms with van der Waals surface area (Å²) in [5.74, 6) is -0.218. The number of rotatable bonds is 6. The van der Waals surface area contributed by atoms with Crippen molar-refractivity contribution in [2.45, 2.75) is 18.9 Å². The summed E-state index contributed by atoms with van der Waals surface area (Å²) in [7, 11) is -3.52. The number of ether oxygens (including phenoxy) is 1. The topological polar surface area (TPSA) is 75.7 Å². The van der Waals surface area contributed by atoms with Gasteiger partial charge in [-0.05, 0) is 31.0 Å². The van der Waals surface area contributed by atoms with Gasteiger partial charge in [-0.3, -0.25) is 9.10 Å². The highest BCUT2D eigenvalue weighted by Gasteiger charge is 2.24. The molecule has 0 bridgehead atoms. The van der Waals surface area contributed by atoms with E-state index in [1.165, 1.54) is 16.4 Å². The lowest BCUT2D eigenvalue weighted by Crippen LogP contribution is -2.41. The van der Waals surface area contributed by atoms with Crippen LogP contribution in [0.25, 0.3) is 0 Å². The highest BCUT2D eigenvalue weighted by molar-refractivity contribution is 7.92. The van der Waals surface area contributed by atoms with Gasteiger partial charge in [-0.1, -0.05) is 23.2 Å². The van der Waals surface area contributed by atoms with Gasteiger partial charge in [0.25, 0.3) is 0 Å². The lowest BCUT2D eigenvalue weighted by atomic mass is 10.2. The fourth-order valence-corrected chi connectivity index (χ4v) is 3.52. The van der Waals surface area contributed by atoms with Crippen molar-refractivity contribution in [1.82, 2.24) is 5.32 Å². The van der Waals surface area contributed by atoms with Crippen LogP contribution in [0, 0.1) is 0 Å². The van der Waals surface area contributed by atoms with Crippen molar-refractivity contribution in [2.75, 3.05) is 30.3 Å². The first kappa shape index (κ1) is 18.3. The predicted octanol–water partition coefficient (Wildman–Crippen LogP) is 2.05. The van der Waals surface area contributed by atoms with E-state index in [9.17, 15) is 13.2 Å². The molecule has 1 aliphatic rings. The maximum atomic E-state index is 12.0. The molecule has 1 aromatic carbocycles. The van der Waals surface area contributed by atoms with Gasteiger partial charge in [0, 0.05) is 13.2 Å². The number of hydrogen-bond acceptors (Lipinski definition) is 4. The van der Waals surface area contributed by atoms with E-state index in [2.05, 4.69) is 5.32 Å². The Morgan fingerprint density at radius 3 is 2.70 bits per heavy atom. The SMILES string of the molecule is CS(=O)(=O)N(CCNC(=O)C1CCCO1)c1ccc(Cl)c(Cl)c1. The Bertz CT molecular complexity index is 675. The van der Waals surface area contributed by atoms with Gasteiger partial charge in [0.2, 0.25) is 15.9 Å². The fraction of sp³-hybridized carbons (Fsp3) is 0.500. The van der Waals surface area contributed by atoms with E-state index < -0.39 is 16.1 Å². The second kappa shape index (κ2) is 7.70. The second-order valence-electron chi connectivity index (χ2n) is 5.23. The normalized spacial score (nSPS) is 18.0. The first-order valence-electron chi connectivity index (χ1n) is 7.11. The second-order valence-corrected chi connectivity index (χ2v) is 7.95. The first-order chi connectivity index (χ1) is 10.8. The molecule has 0 spiro atoms. The van der Waals surface area contributed by atoms with Crippen LogP contribution in [0.15, 0.2) is 18.2 Å². The van der Waals surface area contributed by atoms with Crippen LogP contribution in [0.1, 0.15) is 12.8 Å². The highest BCUT2D eigenvalue weighted by atomic mass is 35.5. The summed E-state index contributed by atoms with van der Waals surface area (Å²) >= 11 is 11.8. The van der Waals surface area contributed by atoms with E-state index in [0.29, 0.717) is 23.7 Å². The number of halogens is 2. The molecule has 0 saturated carbocycles. The van der Waals surface area contributed by atoms with Crippen molar-refractivity contribution < 1.29 is 17.9 Å². The average molecular weight is 381 g/mol. The van der Waals surface area contributed by atoms with Crippen LogP contribution in [0.3, 0.4) is 0 Å². The minimum absolute atomic E-state index is 0.0925. The molecular weight excluding hydrogens is 363 g/mol. The van der Waals surface area contributed by atoms with Crippen LogP contribution in [0.4, 0.5) is 5.69 Å². The monoisotopic (exact) mass is 380 g/mol. The molecule has 1 fully saturated rings. The summed E-state index contributed by atoms with van der Waals surface area (Å²) < 4.78 is 30.4. The molecule has 1 atom stereocenters. The zero-order valence-corrected chi connectivity index (χ0v) is 14.9. The number of nitrogens with zero attached hydrogens (tertiary/aromatic N) is 1. The smallest absolute Gasteiger partial charge is 0.249 e. The van der Waals surface area contributed by atoms with Gasteiger partial charge >= 0.3 is 0 Å². The van der Waals surface area contributed by atoms with E-state index in [4.69, 9.17) is 27.9 Å². The molecule has 1 N–H and O–H groups in total. The van der Waals surface area contributed by atoms with Crippen LogP contribution in [-0.4, -0.2) is 46.4 Å². The van der Waals surface area contributed by atoms with Gasteiger partial charge in [0.15, 0.2) is 0 Å². The Morgan fingerprint density at radius 2 is 2.13 bits per heavy atom. The zero-order chi connectivity index (χ0) is 17.0. The Morgan fingerprint density at radius 1 is 1.39 bits per heavy atom. The highest BCUT2D eigenvalue weighted by Crippen LogP contribution is 2.28. The summed E-state index contributed by atoms with van der Waals surface area (Å²) in [6.07, 6.45) is 2.20. The van der Waals surface area contributed by atoms with Crippen molar-refractivity contribution in [2.24, 2.45) is 0 Å². The van der Waals surface area contributed by atoms with Crippen molar-refractivity contribution in [1.29, 1.82) is 0 Å². The third-order valence-corrected chi connectivity index (χ3v) is 5.36. The number of amides is 1. The van der Waals surface area contributed by atoms with Crippen LogP contribution >= 0.6 is 23.2 Å². The first-order valence-corrected chi connectivity index (χ1v) is 9.71. The minimum atomic E-state index is -3.52. The molecule has 1 heterocycles. The van der Waals surface area contributed by atoms with E-state index in [0.717, 1.165) is 12.7 Å². The maximum absolute atomic E-state index is 12.0. The van der Waals surface area contributed by atoms with Gasteiger partial charge in [-0.2, -0.15) is 0 Å². The fourth-order valence-electron chi connectivity index (χ4n) is 2.31. The van der Waals surface area contributed by atoms with E-state index in [1.807, 2.05) is 0 Å². The number of benzene rings is 1. The summed E-state index contributed by atoms with van der Waals surface area (Å²) in [6, 6.07) is 4.58. The molecule has 0 radical (unpaired) electrons. The van der Waals surface area contributed by atoms with Gasteiger partial charge in [0.1, 0.15) is 6.10 Å². The lowest BCUT2D eigenvalue weighted by Gasteiger charge is -2.23. The Hall–Kier alpha value is -1.02. The Kier molecular flexibility index (Phi) is 6.13. The molecule has 6 nitrogen and oxygen atoms in total. The third-order valence-electron chi connectivity index (χ3n) is 3.43. The molecule has 0 aromatic heterocycles. The summed E-state index contributed by atoms with van der Waals surface area (Å²) in [5.41, 5.74) is 0.397. The summed E-state index contributed by atoms with van der Waals surface area (Å²) in [4.78, 5) is 11.9. The van der Waals surface area contributed by atoms with Gasteiger partial charge in [-0.15, -0.1) is 0 Å². The van der Waals surface area contributed by atoms with Crippen LogP contribution in [0.2, 0.25) is 10.0 Å². The molecular formula is C14H18Cl2N2O4S. The quantitative estimate of drug-likeness (QED) is 0.819. The van der Waals surface area contributed by atoms with Crippen molar-refractivity contribution in [3.8, 4) is 0 Å². The number of carbonyl (C=O) groups is 1. The summed E-state index contributed by atoms with van der Waals surface area (Å²) in [5, 5.41) is 3.30. The van der Waals surface area contributed by atoms with Crippen molar-refractivity contribution in [3.63, 3.8) is 0 Å². The number of sulfonamides is 1. The number of nitrogens with one attached hydrogen (secondary N) is 1. The van der Waals surface area contributed by atoms with E-state index in [1.54, 1.807) is 6.07 Å². The minimum Gasteiger partial charge on any atom is -0.368 e. The van der Waals surface area contributed by atoms with Gasteiger partial charge in [-0.25, -0.2) is 8.42 Å². The molecule has 9 heteroatoms. The van der Waals surface area contributed by atoms with Gasteiger partial charge < -0.3 is 10.1 Å². The number of carbonyl (C=O) groups excluding carboxylic acids is 1. The van der Waals surface area contributed by atoms with Crippen molar-refractivity contribution in [3.05, 3.63) is 28.2 Å². The average Bonchev–Trinajstić information content (AvgIpc) is 2.99. The zero-order valence-electron chi connectivity index (χ0n) is 12.6. The molecule has 1 aromatic rings. The molecule has 1 unspecified atom stereocenters. The predicted molar refractivity (Wildman–Crippen MR) is 90.6 cm³/mol. The van der Waals surface area contributed by atoms with Gasteiger partial charge in [0.05, 0.1) is 28.5 Å². The number of hydrogen-bond donors (Lipinski definition) is 1.